The maximum Gasteiger partial charge on any atom is 0.337 e. The zero-order valence-electron chi connectivity index (χ0n) is 11.2. The highest BCUT2D eigenvalue weighted by atomic mass is 16.5. The Morgan fingerprint density at radius 1 is 1.26 bits per heavy atom. The predicted molar refractivity (Wildman–Crippen MR) is 72.6 cm³/mol. The van der Waals surface area contributed by atoms with Gasteiger partial charge in [0.25, 0.3) is 0 Å². The monoisotopic (exact) mass is 259 g/mol. The van der Waals surface area contributed by atoms with Gasteiger partial charge in [-0.05, 0) is 23.3 Å². The van der Waals surface area contributed by atoms with Crippen molar-refractivity contribution in [3.63, 3.8) is 0 Å². The van der Waals surface area contributed by atoms with Crippen LogP contribution in [0.5, 0.6) is 0 Å². The first kappa shape index (κ1) is 13.3. The largest absolute Gasteiger partial charge is 0.465 e. The summed E-state index contributed by atoms with van der Waals surface area (Å²) in [5.41, 5.74) is 2.81. The van der Waals surface area contributed by atoms with Crippen LogP contribution in [-0.2, 0) is 9.53 Å². The van der Waals surface area contributed by atoms with Crippen LogP contribution in [0.15, 0.2) is 29.8 Å². The molecule has 0 unspecified atom stereocenters. The van der Waals surface area contributed by atoms with Crippen LogP contribution < -0.4 is 0 Å². The zero-order chi connectivity index (χ0) is 13.8. The highest BCUT2D eigenvalue weighted by molar-refractivity contribution is 5.89. The van der Waals surface area contributed by atoms with Crippen molar-refractivity contribution in [2.75, 3.05) is 20.2 Å². The predicted octanol–water partition coefficient (Wildman–Crippen LogP) is 2.11. The van der Waals surface area contributed by atoms with Gasteiger partial charge in [0.2, 0.25) is 5.91 Å². The number of methoxy groups -OCH3 is 1. The van der Waals surface area contributed by atoms with Gasteiger partial charge >= 0.3 is 5.97 Å². The number of rotatable bonds is 3. The molecule has 4 heteroatoms. The lowest BCUT2D eigenvalue weighted by Gasteiger charge is -2.34. The van der Waals surface area contributed by atoms with Crippen LogP contribution in [-0.4, -0.2) is 37.0 Å². The molecule has 0 N–H and O–H groups in total. The Bertz CT molecular complexity index is 509. The maximum absolute atomic E-state index is 11.4. The number of benzene rings is 1. The molecule has 1 aromatic rings. The molecule has 1 amide bonds. The van der Waals surface area contributed by atoms with E-state index in [0.29, 0.717) is 25.1 Å². The molecule has 0 saturated carbocycles. The summed E-state index contributed by atoms with van der Waals surface area (Å²) in [6.45, 7) is 3.30. The molecule has 4 nitrogen and oxygen atoms in total. The summed E-state index contributed by atoms with van der Waals surface area (Å²) in [6.07, 6.45) is 2.61. The molecule has 1 aromatic carbocycles. The van der Waals surface area contributed by atoms with Crippen LogP contribution in [0.2, 0.25) is 0 Å². The molecule has 0 aliphatic carbocycles. The molecule has 1 aliphatic heterocycles. The molecule has 1 heterocycles. The van der Waals surface area contributed by atoms with Gasteiger partial charge in [-0.15, -0.1) is 0 Å². The van der Waals surface area contributed by atoms with Crippen molar-refractivity contribution < 1.29 is 14.3 Å². The van der Waals surface area contributed by atoms with Crippen LogP contribution in [0.3, 0.4) is 0 Å². The van der Waals surface area contributed by atoms with E-state index in [1.54, 1.807) is 12.1 Å². The van der Waals surface area contributed by atoms with Gasteiger partial charge in [-0.1, -0.05) is 25.1 Å². The SMILES string of the molecule is CCC(=O)N1CC(=Cc2ccc(C(=O)OC)cc2)C1. The third-order valence-corrected chi connectivity index (χ3v) is 3.15. The third kappa shape index (κ3) is 3.02. The molecule has 1 fully saturated rings. The van der Waals surface area contributed by atoms with E-state index in [0.717, 1.165) is 5.56 Å². The van der Waals surface area contributed by atoms with Crippen LogP contribution in [0, 0.1) is 0 Å². The van der Waals surface area contributed by atoms with E-state index in [4.69, 9.17) is 0 Å². The molecule has 0 aromatic heterocycles. The summed E-state index contributed by atoms with van der Waals surface area (Å²) in [5, 5.41) is 0. The summed E-state index contributed by atoms with van der Waals surface area (Å²) >= 11 is 0. The van der Waals surface area contributed by atoms with E-state index < -0.39 is 0 Å². The number of amides is 1. The van der Waals surface area contributed by atoms with Gasteiger partial charge in [-0.2, -0.15) is 0 Å². The Balaban J connectivity index is 1.98. The minimum atomic E-state index is -0.331. The standard InChI is InChI=1S/C15H17NO3/c1-3-14(17)16-9-12(10-16)8-11-4-6-13(7-5-11)15(18)19-2/h4-8H,3,9-10H2,1-2H3. The van der Waals surface area contributed by atoms with E-state index in [2.05, 4.69) is 10.8 Å². The molecule has 100 valence electrons. The van der Waals surface area contributed by atoms with E-state index in [1.807, 2.05) is 24.0 Å². The first-order chi connectivity index (χ1) is 9.13. The topological polar surface area (TPSA) is 46.6 Å². The van der Waals surface area contributed by atoms with Gasteiger partial charge in [-0.25, -0.2) is 4.79 Å². The average Bonchev–Trinajstić information content (AvgIpc) is 2.41. The first-order valence-corrected chi connectivity index (χ1v) is 6.29. The second kappa shape index (κ2) is 5.69. The van der Waals surface area contributed by atoms with Crippen molar-refractivity contribution in [2.24, 2.45) is 0 Å². The van der Waals surface area contributed by atoms with E-state index in [9.17, 15) is 9.59 Å². The van der Waals surface area contributed by atoms with Gasteiger partial charge in [0, 0.05) is 19.5 Å². The Morgan fingerprint density at radius 2 is 1.89 bits per heavy atom. The number of nitrogens with zero attached hydrogens (tertiary/aromatic N) is 1. The highest BCUT2D eigenvalue weighted by Crippen LogP contribution is 2.19. The van der Waals surface area contributed by atoms with Crippen molar-refractivity contribution in [1.82, 2.24) is 4.90 Å². The smallest absolute Gasteiger partial charge is 0.337 e. The molecule has 1 aliphatic rings. The van der Waals surface area contributed by atoms with E-state index >= 15 is 0 Å². The quantitative estimate of drug-likeness (QED) is 0.781. The number of hydrogen-bond donors (Lipinski definition) is 0. The lowest BCUT2D eigenvalue weighted by Crippen LogP contribution is -2.43. The lowest BCUT2D eigenvalue weighted by atomic mass is 10.0. The van der Waals surface area contributed by atoms with Crippen LogP contribution in [0.1, 0.15) is 29.3 Å². The lowest BCUT2D eigenvalue weighted by molar-refractivity contribution is -0.132. The fourth-order valence-corrected chi connectivity index (χ4v) is 2.00. The van der Waals surface area contributed by atoms with Crippen LogP contribution in [0.4, 0.5) is 0 Å². The minimum absolute atomic E-state index is 0.193. The Kier molecular flexibility index (Phi) is 4.00. The van der Waals surface area contributed by atoms with E-state index in [-0.39, 0.29) is 11.9 Å². The number of carbonyl (C=O) groups is 2. The Morgan fingerprint density at radius 3 is 2.42 bits per heavy atom. The number of carbonyl (C=O) groups excluding carboxylic acids is 2. The molecular weight excluding hydrogens is 242 g/mol. The molecule has 0 spiro atoms. The van der Waals surface area contributed by atoms with Crippen molar-refractivity contribution in [2.45, 2.75) is 13.3 Å². The van der Waals surface area contributed by atoms with Gasteiger partial charge in [0.05, 0.1) is 12.7 Å². The maximum atomic E-state index is 11.4. The fourth-order valence-electron chi connectivity index (χ4n) is 2.00. The normalized spacial score (nSPS) is 13.8. The van der Waals surface area contributed by atoms with Crippen molar-refractivity contribution in [1.29, 1.82) is 0 Å². The van der Waals surface area contributed by atoms with Crippen molar-refractivity contribution in [3.05, 3.63) is 41.0 Å². The molecule has 0 radical (unpaired) electrons. The Hall–Kier alpha value is -2.10. The number of hydrogen-bond acceptors (Lipinski definition) is 3. The number of ether oxygens (including phenoxy) is 1. The van der Waals surface area contributed by atoms with Crippen molar-refractivity contribution >= 4 is 18.0 Å². The van der Waals surface area contributed by atoms with Crippen LogP contribution >= 0.6 is 0 Å². The molecule has 0 bridgehead atoms. The first-order valence-electron chi connectivity index (χ1n) is 6.29. The molecule has 1 saturated heterocycles. The number of likely N-dealkylation sites (tertiary alicyclic amines) is 1. The summed E-state index contributed by atoms with van der Waals surface area (Å²) in [4.78, 5) is 24.5. The number of esters is 1. The Labute approximate surface area is 112 Å². The highest BCUT2D eigenvalue weighted by Gasteiger charge is 2.23. The molecule has 0 atom stereocenters. The molecular formula is C15H17NO3. The second-order valence-electron chi connectivity index (χ2n) is 4.52. The van der Waals surface area contributed by atoms with Gasteiger partial charge in [0.1, 0.15) is 0 Å². The van der Waals surface area contributed by atoms with E-state index in [1.165, 1.54) is 12.7 Å². The van der Waals surface area contributed by atoms with Gasteiger partial charge < -0.3 is 9.64 Å². The van der Waals surface area contributed by atoms with Gasteiger partial charge in [-0.3, -0.25) is 4.79 Å². The second-order valence-corrected chi connectivity index (χ2v) is 4.52. The third-order valence-electron chi connectivity index (χ3n) is 3.15. The molecule has 19 heavy (non-hydrogen) atoms. The minimum Gasteiger partial charge on any atom is -0.465 e. The summed E-state index contributed by atoms with van der Waals surface area (Å²) in [6, 6.07) is 7.24. The summed E-state index contributed by atoms with van der Waals surface area (Å²) in [5.74, 6) is -0.138. The zero-order valence-corrected chi connectivity index (χ0v) is 11.2. The van der Waals surface area contributed by atoms with Crippen molar-refractivity contribution in [3.8, 4) is 0 Å². The van der Waals surface area contributed by atoms with Gasteiger partial charge in [0.15, 0.2) is 0 Å². The summed E-state index contributed by atoms with van der Waals surface area (Å²) in [7, 11) is 1.37. The molecule has 2 rings (SSSR count). The fraction of sp³-hybridized carbons (Fsp3) is 0.333. The van der Waals surface area contributed by atoms with Crippen LogP contribution in [0.25, 0.3) is 6.08 Å². The summed E-state index contributed by atoms with van der Waals surface area (Å²) < 4.78 is 4.64. The average molecular weight is 259 g/mol.